The normalized spacial score (nSPS) is 17.1. The van der Waals surface area contributed by atoms with Crippen LogP contribution in [0.1, 0.15) is 12.8 Å². The number of fused-ring (bicyclic) bond motifs is 2. The standard InChI is InChI=1S/C20H22N8O2/c1-27-10-12(5-7-16(27)29)22-20-23-18-17(19(24-20)30-3)13(9-21-18)11-4-6-14-15(8-11)28(2)26-25-14/h4,6,8-9,12H,5,7,10H2,1-3H3,(H2,21,22,23,24)/t12-/m1/s1. The minimum absolute atomic E-state index is 0.101. The van der Waals surface area contributed by atoms with Gasteiger partial charge in [0.25, 0.3) is 0 Å². The quantitative estimate of drug-likeness (QED) is 0.532. The number of amides is 1. The first-order valence-corrected chi connectivity index (χ1v) is 9.77. The molecule has 1 aromatic carbocycles. The maximum Gasteiger partial charge on any atom is 0.228 e. The fourth-order valence-corrected chi connectivity index (χ4v) is 3.95. The fourth-order valence-electron chi connectivity index (χ4n) is 3.95. The van der Waals surface area contributed by atoms with Gasteiger partial charge in [0.1, 0.15) is 11.2 Å². The minimum atomic E-state index is 0.101. The molecule has 1 amide bonds. The Bertz CT molecular complexity index is 1260. The van der Waals surface area contributed by atoms with E-state index in [0.717, 1.165) is 34.0 Å². The van der Waals surface area contributed by atoms with Crippen molar-refractivity contribution in [2.75, 3.05) is 26.0 Å². The third-order valence-electron chi connectivity index (χ3n) is 5.57. The van der Waals surface area contributed by atoms with Gasteiger partial charge in [-0.1, -0.05) is 11.3 Å². The first kappa shape index (κ1) is 18.3. The van der Waals surface area contributed by atoms with Crippen LogP contribution in [0, 0.1) is 0 Å². The van der Waals surface area contributed by atoms with Gasteiger partial charge in [-0.25, -0.2) is 4.68 Å². The van der Waals surface area contributed by atoms with Crippen molar-refractivity contribution < 1.29 is 9.53 Å². The van der Waals surface area contributed by atoms with E-state index in [9.17, 15) is 4.79 Å². The molecular weight excluding hydrogens is 384 g/mol. The van der Waals surface area contributed by atoms with Crippen LogP contribution in [0.2, 0.25) is 0 Å². The molecule has 0 bridgehead atoms. The Balaban J connectivity index is 1.52. The number of hydrogen-bond acceptors (Lipinski definition) is 7. The lowest BCUT2D eigenvalue weighted by molar-refractivity contribution is -0.132. The number of nitrogens with one attached hydrogen (secondary N) is 2. The number of hydrogen-bond donors (Lipinski definition) is 2. The topological polar surface area (TPSA) is 114 Å². The fraction of sp³-hybridized carbons (Fsp3) is 0.350. The van der Waals surface area contributed by atoms with Gasteiger partial charge in [-0.2, -0.15) is 9.97 Å². The summed E-state index contributed by atoms with van der Waals surface area (Å²) in [6.45, 7) is 0.622. The van der Waals surface area contributed by atoms with E-state index in [1.807, 2.05) is 38.5 Å². The van der Waals surface area contributed by atoms with Crippen molar-refractivity contribution in [2.45, 2.75) is 18.9 Å². The van der Waals surface area contributed by atoms with Gasteiger partial charge in [0.2, 0.25) is 17.7 Å². The zero-order chi connectivity index (χ0) is 20.8. The minimum Gasteiger partial charge on any atom is -0.480 e. The Morgan fingerprint density at radius 3 is 2.93 bits per heavy atom. The molecule has 4 heterocycles. The maximum atomic E-state index is 11.7. The van der Waals surface area contributed by atoms with Crippen molar-refractivity contribution in [3.63, 3.8) is 0 Å². The number of aromatic amines is 1. The molecule has 5 rings (SSSR count). The molecule has 10 heteroatoms. The van der Waals surface area contributed by atoms with Crippen LogP contribution in [0.15, 0.2) is 24.4 Å². The Hall–Kier alpha value is -3.69. The summed E-state index contributed by atoms with van der Waals surface area (Å²) in [7, 11) is 5.28. The molecule has 2 N–H and O–H groups in total. The van der Waals surface area contributed by atoms with Crippen molar-refractivity contribution in [1.82, 2.24) is 34.8 Å². The van der Waals surface area contributed by atoms with Crippen LogP contribution >= 0.6 is 0 Å². The van der Waals surface area contributed by atoms with E-state index in [2.05, 4.69) is 30.6 Å². The Labute approximate surface area is 172 Å². The van der Waals surface area contributed by atoms with Gasteiger partial charge in [-0.15, -0.1) is 5.10 Å². The number of methoxy groups -OCH3 is 1. The highest BCUT2D eigenvalue weighted by Crippen LogP contribution is 2.35. The summed E-state index contributed by atoms with van der Waals surface area (Å²) in [6, 6.07) is 6.09. The number of aromatic nitrogens is 6. The first-order chi connectivity index (χ1) is 14.5. The van der Waals surface area contributed by atoms with E-state index in [0.29, 0.717) is 30.4 Å². The van der Waals surface area contributed by atoms with Crippen molar-refractivity contribution in [2.24, 2.45) is 7.05 Å². The molecule has 4 aromatic rings. The summed E-state index contributed by atoms with van der Waals surface area (Å²) in [6.07, 6.45) is 3.18. The SMILES string of the molecule is COc1nc(N[C@@H]2CCC(=O)N(C)C2)nc2[nH]cc(-c3ccc4nnn(C)c4c3)c12. The summed E-state index contributed by atoms with van der Waals surface area (Å²) in [5.41, 5.74) is 4.40. The molecule has 0 radical (unpaired) electrons. The number of ether oxygens (including phenoxy) is 1. The molecule has 1 fully saturated rings. The molecule has 1 aliphatic rings. The molecule has 154 valence electrons. The number of piperidine rings is 1. The average Bonchev–Trinajstić information content (AvgIpc) is 3.34. The van der Waals surface area contributed by atoms with E-state index in [4.69, 9.17) is 4.74 Å². The van der Waals surface area contributed by atoms with Crippen molar-refractivity contribution in [1.29, 1.82) is 0 Å². The van der Waals surface area contributed by atoms with Crippen molar-refractivity contribution in [3.05, 3.63) is 24.4 Å². The van der Waals surface area contributed by atoms with Crippen molar-refractivity contribution in [3.8, 4) is 17.0 Å². The molecule has 0 unspecified atom stereocenters. The monoisotopic (exact) mass is 406 g/mol. The van der Waals surface area contributed by atoms with Gasteiger partial charge in [0.05, 0.1) is 18.0 Å². The van der Waals surface area contributed by atoms with Crippen molar-refractivity contribution >= 4 is 33.9 Å². The molecule has 1 atom stereocenters. The molecule has 0 saturated carbocycles. The molecular formula is C20H22N8O2. The van der Waals surface area contributed by atoms with Crippen LogP contribution in [0.4, 0.5) is 5.95 Å². The predicted molar refractivity (Wildman–Crippen MR) is 112 cm³/mol. The third-order valence-corrected chi connectivity index (χ3v) is 5.57. The summed E-state index contributed by atoms with van der Waals surface area (Å²) in [5, 5.41) is 12.4. The Morgan fingerprint density at radius 1 is 1.27 bits per heavy atom. The number of likely N-dealkylation sites (tertiary alicyclic amines) is 1. The molecule has 30 heavy (non-hydrogen) atoms. The average molecular weight is 406 g/mol. The second-order valence-corrected chi connectivity index (χ2v) is 7.55. The molecule has 1 aliphatic heterocycles. The predicted octanol–water partition coefficient (Wildman–Crippen LogP) is 1.95. The number of rotatable bonds is 4. The zero-order valence-corrected chi connectivity index (χ0v) is 17.0. The van der Waals surface area contributed by atoms with Crippen LogP contribution in [-0.4, -0.2) is 67.5 Å². The Kier molecular flexibility index (Phi) is 4.27. The largest absolute Gasteiger partial charge is 0.480 e. The molecule has 3 aromatic heterocycles. The van der Waals surface area contributed by atoms with Crippen LogP contribution in [0.25, 0.3) is 33.2 Å². The summed E-state index contributed by atoms with van der Waals surface area (Å²) >= 11 is 0. The number of carbonyl (C=O) groups excluding carboxylic acids is 1. The van der Waals surface area contributed by atoms with Crippen LogP contribution in [-0.2, 0) is 11.8 Å². The van der Waals surface area contributed by atoms with E-state index < -0.39 is 0 Å². The highest BCUT2D eigenvalue weighted by molar-refractivity contribution is 5.99. The number of likely N-dealkylation sites (N-methyl/N-ethyl adjacent to an activating group) is 1. The lowest BCUT2D eigenvalue weighted by atomic mass is 10.1. The van der Waals surface area contributed by atoms with E-state index >= 15 is 0 Å². The molecule has 1 saturated heterocycles. The number of anilines is 1. The number of nitrogens with zero attached hydrogens (tertiary/aromatic N) is 6. The molecule has 10 nitrogen and oxygen atoms in total. The van der Waals surface area contributed by atoms with Gasteiger partial charge in [-0.3, -0.25) is 4.79 Å². The summed E-state index contributed by atoms with van der Waals surface area (Å²) in [5.74, 6) is 1.13. The van der Waals surface area contributed by atoms with Crippen LogP contribution in [0.3, 0.4) is 0 Å². The summed E-state index contributed by atoms with van der Waals surface area (Å²) < 4.78 is 7.35. The smallest absolute Gasteiger partial charge is 0.228 e. The maximum absolute atomic E-state index is 11.7. The molecule has 0 aliphatic carbocycles. The van der Waals surface area contributed by atoms with Crippen LogP contribution in [0.5, 0.6) is 5.88 Å². The highest BCUT2D eigenvalue weighted by Gasteiger charge is 2.24. The number of carbonyl (C=O) groups is 1. The second kappa shape index (κ2) is 6.97. The summed E-state index contributed by atoms with van der Waals surface area (Å²) in [4.78, 5) is 25.9. The second-order valence-electron chi connectivity index (χ2n) is 7.55. The molecule has 0 spiro atoms. The number of H-pyrrole nitrogens is 1. The lowest BCUT2D eigenvalue weighted by Crippen LogP contribution is -2.43. The highest BCUT2D eigenvalue weighted by atomic mass is 16.5. The van der Waals surface area contributed by atoms with Gasteiger partial charge in [-0.05, 0) is 24.1 Å². The van der Waals surface area contributed by atoms with Gasteiger partial charge in [0.15, 0.2) is 0 Å². The van der Waals surface area contributed by atoms with E-state index in [-0.39, 0.29) is 11.9 Å². The number of benzene rings is 1. The van der Waals surface area contributed by atoms with Gasteiger partial charge < -0.3 is 19.9 Å². The number of aryl methyl sites for hydroxylation is 1. The third kappa shape index (κ3) is 3.00. The first-order valence-electron chi connectivity index (χ1n) is 9.77. The van der Waals surface area contributed by atoms with E-state index in [1.54, 1.807) is 16.7 Å². The lowest BCUT2D eigenvalue weighted by Gasteiger charge is -2.30. The van der Waals surface area contributed by atoms with Gasteiger partial charge in [0, 0.05) is 44.9 Å². The van der Waals surface area contributed by atoms with E-state index in [1.165, 1.54) is 0 Å². The zero-order valence-electron chi connectivity index (χ0n) is 17.0. The Morgan fingerprint density at radius 2 is 2.13 bits per heavy atom. The van der Waals surface area contributed by atoms with Gasteiger partial charge >= 0.3 is 0 Å². The van der Waals surface area contributed by atoms with Crippen LogP contribution < -0.4 is 10.1 Å².